The van der Waals surface area contributed by atoms with Crippen LogP contribution < -0.4 is 0 Å². The Balaban J connectivity index is 1.49. The van der Waals surface area contributed by atoms with Crippen molar-refractivity contribution in [3.63, 3.8) is 0 Å². The highest BCUT2D eigenvalue weighted by molar-refractivity contribution is 7.89. The zero-order valence-electron chi connectivity index (χ0n) is 16.9. The minimum absolute atomic E-state index is 0.00959. The summed E-state index contributed by atoms with van der Waals surface area (Å²) in [4.78, 5) is 18.2. The molecule has 1 fully saturated rings. The number of aromatic amines is 1. The van der Waals surface area contributed by atoms with E-state index in [1.54, 1.807) is 0 Å². The molecule has 30 heavy (non-hydrogen) atoms. The third kappa shape index (κ3) is 3.55. The van der Waals surface area contributed by atoms with Crippen molar-refractivity contribution in [2.24, 2.45) is 0 Å². The molecule has 158 valence electrons. The van der Waals surface area contributed by atoms with Gasteiger partial charge in [0.15, 0.2) is 5.78 Å². The first-order valence-corrected chi connectivity index (χ1v) is 11.3. The number of hydrogen-bond acceptors (Lipinski definition) is 4. The molecule has 0 saturated carbocycles. The smallest absolute Gasteiger partial charge is 0.246 e. The molecular formula is C22H24FN3O3S. The van der Waals surface area contributed by atoms with Gasteiger partial charge in [0.2, 0.25) is 10.0 Å². The predicted octanol–water partition coefficient (Wildman–Crippen LogP) is 3.19. The van der Waals surface area contributed by atoms with E-state index >= 15 is 0 Å². The number of halogens is 1. The Hall–Kier alpha value is -2.55. The molecule has 0 bridgehead atoms. The fraction of sp³-hybridized carbons (Fsp3) is 0.318. The van der Waals surface area contributed by atoms with Gasteiger partial charge in [0.1, 0.15) is 10.7 Å². The third-order valence-electron chi connectivity index (χ3n) is 5.79. The summed E-state index contributed by atoms with van der Waals surface area (Å²) >= 11 is 0. The molecule has 1 saturated heterocycles. The summed E-state index contributed by atoms with van der Waals surface area (Å²) in [5, 5.41) is 0.896. The summed E-state index contributed by atoms with van der Waals surface area (Å²) in [6.45, 7) is 4.97. The van der Waals surface area contributed by atoms with Crippen LogP contribution in [0.5, 0.6) is 0 Å². The molecule has 3 aromatic rings. The second-order valence-corrected chi connectivity index (χ2v) is 9.49. The van der Waals surface area contributed by atoms with E-state index in [9.17, 15) is 17.6 Å². The van der Waals surface area contributed by atoms with Gasteiger partial charge in [-0.15, -0.1) is 0 Å². The molecule has 1 aliphatic rings. The van der Waals surface area contributed by atoms with Gasteiger partial charge in [0, 0.05) is 48.3 Å². The van der Waals surface area contributed by atoms with Crippen LogP contribution in [0.2, 0.25) is 0 Å². The van der Waals surface area contributed by atoms with Crippen LogP contribution in [0.4, 0.5) is 4.39 Å². The van der Waals surface area contributed by atoms with E-state index in [0.29, 0.717) is 18.7 Å². The van der Waals surface area contributed by atoms with Crippen molar-refractivity contribution < 1.29 is 17.6 Å². The van der Waals surface area contributed by atoms with Crippen LogP contribution in [-0.2, 0) is 10.0 Å². The molecule has 0 radical (unpaired) electrons. The van der Waals surface area contributed by atoms with Crippen molar-refractivity contribution in [1.82, 2.24) is 14.2 Å². The van der Waals surface area contributed by atoms with E-state index in [1.807, 2.05) is 43.0 Å². The maximum absolute atomic E-state index is 14.0. The molecule has 2 aromatic carbocycles. The quantitative estimate of drug-likeness (QED) is 0.632. The number of H-pyrrole nitrogens is 1. The normalized spacial score (nSPS) is 17.3. The van der Waals surface area contributed by atoms with Crippen molar-refractivity contribution in [1.29, 1.82) is 0 Å². The topological polar surface area (TPSA) is 73.5 Å². The van der Waals surface area contributed by atoms with Gasteiger partial charge in [0.25, 0.3) is 0 Å². The van der Waals surface area contributed by atoms with E-state index in [4.69, 9.17) is 0 Å². The highest BCUT2D eigenvalue weighted by Gasteiger charge is 2.34. The number of aryl methyl sites for hydroxylation is 1. The van der Waals surface area contributed by atoms with E-state index in [2.05, 4.69) is 4.98 Å². The average Bonchev–Trinajstić information content (AvgIpc) is 3.08. The van der Waals surface area contributed by atoms with Crippen LogP contribution in [0, 0.1) is 12.7 Å². The number of fused-ring (bicyclic) bond motifs is 1. The lowest BCUT2D eigenvalue weighted by Crippen LogP contribution is -2.53. The molecule has 4 rings (SSSR count). The van der Waals surface area contributed by atoms with Crippen molar-refractivity contribution in [3.8, 4) is 0 Å². The Morgan fingerprint density at radius 3 is 2.37 bits per heavy atom. The Morgan fingerprint density at radius 2 is 1.67 bits per heavy atom. The van der Waals surface area contributed by atoms with E-state index in [-0.39, 0.29) is 29.8 Å². The Labute approximate surface area is 175 Å². The lowest BCUT2D eigenvalue weighted by molar-refractivity contribution is 0.0783. The lowest BCUT2D eigenvalue weighted by Gasteiger charge is -2.36. The lowest BCUT2D eigenvalue weighted by atomic mass is 10.0. The summed E-state index contributed by atoms with van der Waals surface area (Å²) in [5.74, 6) is -0.742. The number of carbonyl (C=O) groups is 1. The number of piperazine rings is 1. The average molecular weight is 430 g/mol. The predicted molar refractivity (Wildman–Crippen MR) is 114 cm³/mol. The molecule has 8 heteroatoms. The SMILES string of the molecule is Cc1[nH]c2ccccc2c1C(=O)C(C)N1CCN(S(=O)(=O)c2ccccc2F)CC1. The molecule has 2 heterocycles. The summed E-state index contributed by atoms with van der Waals surface area (Å²) in [7, 11) is -3.90. The van der Waals surface area contributed by atoms with Gasteiger partial charge < -0.3 is 4.98 Å². The molecule has 0 amide bonds. The fourth-order valence-electron chi connectivity index (χ4n) is 4.09. The summed E-state index contributed by atoms with van der Waals surface area (Å²) in [5.41, 5.74) is 2.43. The van der Waals surface area contributed by atoms with Gasteiger partial charge >= 0.3 is 0 Å². The monoisotopic (exact) mass is 429 g/mol. The van der Waals surface area contributed by atoms with Crippen molar-refractivity contribution in [3.05, 3.63) is 65.6 Å². The van der Waals surface area contributed by atoms with Crippen LogP contribution in [0.15, 0.2) is 53.4 Å². The minimum Gasteiger partial charge on any atom is -0.358 e. The van der Waals surface area contributed by atoms with Crippen molar-refractivity contribution >= 4 is 26.7 Å². The number of nitrogens with zero attached hydrogens (tertiary/aromatic N) is 2. The number of hydrogen-bond donors (Lipinski definition) is 1. The van der Waals surface area contributed by atoms with Crippen LogP contribution >= 0.6 is 0 Å². The molecule has 0 aliphatic carbocycles. The molecular weight excluding hydrogens is 405 g/mol. The van der Waals surface area contributed by atoms with Gasteiger partial charge in [-0.05, 0) is 32.0 Å². The van der Waals surface area contributed by atoms with Gasteiger partial charge in [0.05, 0.1) is 6.04 Å². The molecule has 1 unspecified atom stereocenters. The first-order valence-electron chi connectivity index (χ1n) is 9.91. The van der Waals surface area contributed by atoms with E-state index in [1.165, 1.54) is 22.5 Å². The van der Waals surface area contributed by atoms with Crippen LogP contribution in [-0.4, -0.2) is 60.6 Å². The minimum atomic E-state index is -3.90. The number of ketones is 1. The van der Waals surface area contributed by atoms with Crippen LogP contribution in [0.3, 0.4) is 0 Å². The summed E-state index contributed by atoms with van der Waals surface area (Å²) in [6, 6.07) is 12.7. The largest absolute Gasteiger partial charge is 0.358 e. The molecule has 1 aromatic heterocycles. The zero-order chi connectivity index (χ0) is 21.5. The Kier molecular flexibility index (Phi) is 5.48. The first-order chi connectivity index (χ1) is 14.3. The fourth-order valence-corrected chi connectivity index (χ4v) is 5.58. The van der Waals surface area contributed by atoms with Gasteiger partial charge in [-0.3, -0.25) is 9.69 Å². The maximum atomic E-state index is 14.0. The molecule has 6 nitrogen and oxygen atoms in total. The van der Waals surface area contributed by atoms with E-state index < -0.39 is 15.8 Å². The van der Waals surface area contributed by atoms with Gasteiger partial charge in [-0.25, -0.2) is 12.8 Å². The molecule has 1 atom stereocenters. The standard InChI is InChI=1S/C22H24FN3O3S/c1-15-21(17-7-3-5-9-19(17)24-15)22(27)16(2)25-11-13-26(14-12-25)30(28,29)20-10-6-4-8-18(20)23/h3-10,16,24H,11-14H2,1-2H3. The second kappa shape index (κ2) is 7.94. The number of benzene rings is 2. The van der Waals surface area contributed by atoms with Gasteiger partial charge in [-0.2, -0.15) is 4.31 Å². The molecule has 0 spiro atoms. The Bertz CT molecular complexity index is 1200. The van der Waals surface area contributed by atoms with Crippen LogP contribution in [0.1, 0.15) is 23.0 Å². The van der Waals surface area contributed by atoms with Crippen molar-refractivity contribution in [2.75, 3.05) is 26.2 Å². The molecule has 1 N–H and O–H groups in total. The number of carbonyl (C=O) groups excluding carboxylic acids is 1. The number of Topliss-reactive ketones (excluding diaryl/α,β-unsaturated/α-hetero) is 1. The summed E-state index contributed by atoms with van der Waals surface area (Å²) < 4.78 is 40.9. The van der Waals surface area contributed by atoms with E-state index in [0.717, 1.165) is 22.7 Å². The number of nitrogens with one attached hydrogen (secondary N) is 1. The zero-order valence-corrected chi connectivity index (χ0v) is 17.7. The number of sulfonamides is 1. The number of aromatic nitrogens is 1. The second-order valence-electron chi connectivity index (χ2n) is 7.58. The first kappa shape index (κ1) is 20.7. The summed E-state index contributed by atoms with van der Waals surface area (Å²) in [6.07, 6.45) is 0. The maximum Gasteiger partial charge on any atom is 0.246 e. The van der Waals surface area contributed by atoms with Crippen LogP contribution in [0.25, 0.3) is 10.9 Å². The van der Waals surface area contributed by atoms with Crippen molar-refractivity contribution in [2.45, 2.75) is 24.8 Å². The van der Waals surface area contributed by atoms with Gasteiger partial charge in [-0.1, -0.05) is 30.3 Å². The highest BCUT2D eigenvalue weighted by Crippen LogP contribution is 2.26. The number of rotatable bonds is 5. The Morgan fingerprint density at radius 1 is 1.03 bits per heavy atom. The molecule has 1 aliphatic heterocycles. The number of para-hydroxylation sites is 1. The highest BCUT2D eigenvalue weighted by atomic mass is 32.2. The third-order valence-corrected chi connectivity index (χ3v) is 7.73.